The highest BCUT2D eigenvalue weighted by Crippen LogP contribution is 2.30. The topological polar surface area (TPSA) is 79.1 Å². The van der Waals surface area contributed by atoms with E-state index in [0.29, 0.717) is 29.5 Å². The second-order valence-electron chi connectivity index (χ2n) is 3.71. The van der Waals surface area contributed by atoms with Crippen molar-refractivity contribution in [1.82, 2.24) is 20.2 Å². The van der Waals surface area contributed by atoms with Crippen molar-refractivity contribution in [2.75, 3.05) is 6.61 Å². The van der Waals surface area contributed by atoms with E-state index >= 15 is 0 Å². The van der Waals surface area contributed by atoms with Gasteiger partial charge in [-0.15, -0.1) is 10.2 Å². The summed E-state index contributed by atoms with van der Waals surface area (Å²) in [6.45, 7) is 2.47. The number of aryl methyl sites for hydroxylation is 1. The van der Waals surface area contributed by atoms with Crippen molar-refractivity contribution < 1.29 is 14.3 Å². The highest BCUT2D eigenvalue weighted by molar-refractivity contribution is 5.81. The SMILES string of the molecule is CCOc1cccc(C=O)c1OCc1nnn(C)n1. The average molecular weight is 262 g/mol. The molecule has 2 aromatic rings. The van der Waals surface area contributed by atoms with E-state index in [4.69, 9.17) is 9.47 Å². The molecule has 0 amide bonds. The van der Waals surface area contributed by atoms with Gasteiger partial charge in [-0.2, -0.15) is 4.80 Å². The Hall–Kier alpha value is -2.44. The summed E-state index contributed by atoms with van der Waals surface area (Å²) in [6.07, 6.45) is 0.724. The van der Waals surface area contributed by atoms with Crippen LogP contribution in [0.5, 0.6) is 11.5 Å². The number of aldehydes is 1. The molecule has 0 saturated carbocycles. The monoisotopic (exact) mass is 262 g/mol. The van der Waals surface area contributed by atoms with Crippen molar-refractivity contribution in [1.29, 1.82) is 0 Å². The standard InChI is InChI=1S/C12H14N4O3/c1-3-18-10-6-4-5-9(7-17)12(10)19-8-11-13-15-16(2)14-11/h4-7H,3,8H2,1-2H3. The lowest BCUT2D eigenvalue weighted by molar-refractivity contribution is 0.111. The number of hydrogen-bond donors (Lipinski definition) is 0. The number of ether oxygens (including phenoxy) is 2. The maximum Gasteiger partial charge on any atom is 0.212 e. The molecule has 0 unspecified atom stereocenters. The fourth-order valence-electron chi connectivity index (χ4n) is 1.57. The van der Waals surface area contributed by atoms with Crippen molar-refractivity contribution in [3.05, 3.63) is 29.6 Å². The van der Waals surface area contributed by atoms with Crippen molar-refractivity contribution in [3.8, 4) is 11.5 Å². The Balaban J connectivity index is 2.19. The van der Waals surface area contributed by atoms with Crippen LogP contribution in [-0.4, -0.2) is 33.1 Å². The molecular weight excluding hydrogens is 248 g/mol. The minimum atomic E-state index is 0.124. The molecule has 0 aliphatic rings. The summed E-state index contributed by atoms with van der Waals surface area (Å²) in [7, 11) is 1.67. The quantitative estimate of drug-likeness (QED) is 0.722. The van der Waals surface area contributed by atoms with Crippen molar-refractivity contribution >= 4 is 6.29 Å². The number of rotatable bonds is 6. The van der Waals surface area contributed by atoms with Crippen LogP contribution in [0, 0.1) is 0 Å². The van der Waals surface area contributed by atoms with Crippen LogP contribution >= 0.6 is 0 Å². The largest absolute Gasteiger partial charge is 0.490 e. The smallest absolute Gasteiger partial charge is 0.212 e. The van der Waals surface area contributed by atoms with Gasteiger partial charge in [0.25, 0.3) is 0 Å². The van der Waals surface area contributed by atoms with Crippen LogP contribution in [0.1, 0.15) is 23.1 Å². The van der Waals surface area contributed by atoms with Gasteiger partial charge in [0.05, 0.1) is 19.2 Å². The van der Waals surface area contributed by atoms with Gasteiger partial charge in [0.2, 0.25) is 5.82 Å². The maximum absolute atomic E-state index is 11.0. The summed E-state index contributed by atoms with van der Waals surface area (Å²) in [4.78, 5) is 12.4. The van der Waals surface area contributed by atoms with Gasteiger partial charge < -0.3 is 9.47 Å². The highest BCUT2D eigenvalue weighted by Gasteiger charge is 2.12. The molecule has 0 aliphatic carbocycles. The van der Waals surface area contributed by atoms with Crippen molar-refractivity contribution in [2.45, 2.75) is 13.5 Å². The predicted molar refractivity (Wildman–Crippen MR) is 66.1 cm³/mol. The van der Waals surface area contributed by atoms with E-state index in [9.17, 15) is 4.79 Å². The molecule has 0 saturated heterocycles. The fourth-order valence-corrected chi connectivity index (χ4v) is 1.57. The third-order valence-corrected chi connectivity index (χ3v) is 2.33. The number of hydrogen-bond acceptors (Lipinski definition) is 6. The Bertz CT molecular complexity index is 568. The van der Waals surface area contributed by atoms with Crippen molar-refractivity contribution in [2.24, 2.45) is 7.05 Å². The summed E-state index contributed by atoms with van der Waals surface area (Å²) >= 11 is 0. The molecule has 0 spiro atoms. The van der Waals surface area contributed by atoms with Crippen LogP contribution < -0.4 is 9.47 Å². The maximum atomic E-state index is 11.0. The summed E-state index contributed by atoms with van der Waals surface area (Å²) in [5.41, 5.74) is 0.426. The molecule has 1 aromatic carbocycles. The number of nitrogens with zero attached hydrogens (tertiary/aromatic N) is 4. The van der Waals surface area contributed by atoms with Crippen LogP contribution in [-0.2, 0) is 13.7 Å². The average Bonchev–Trinajstić information content (AvgIpc) is 2.83. The second kappa shape index (κ2) is 5.94. The number of aromatic nitrogens is 4. The number of tetrazole rings is 1. The third kappa shape index (κ3) is 3.06. The molecule has 0 fully saturated rings. The molecule has 2 rings (SSSR count). The summed E-state index contributed by atoms with van der Waals surface area (Å²) in [5, 5.41) is 11.5. The molecule has 0 N–H and O–H groups in total. The van der Waals surface area contributed by atoms with Crippen LogP contribution in [0.2, 0.25) is 0 Å². The first kappa shape index (κ1) is 13.0. The Morgan fingerprint density at radius 2 is 2.21 bits per heavy atom. The lowest BCUT2D eigenvalue weighted by atomic mass is 10.2. The molecule has 0 aliphatic heterocycles. The number of benzene rings is 1. The Morgan fingerprint density at radius 3 is 2.84 bits per heavy atom. The van der Waals surface area contributed by atoms with Gasteiger partial charge in [0.1, 0.15) is 0 Å². The highest BCUT2D eigenvalue weighted by atomic mass is 16.5. The van der Waals surface area contributed by atoms with Gasteiger partial charge in [0, 0.05) is 0 Å². The fraction of sp³-hybridized carbons (Fsp3) is 0.333. The first-order valence-electron chi connectivity index (χ1n) is 5.81. The van der Waals surface area contributed by atoms with E-state index in [0.717, 1.165) is 6.29 Å². The predicted octanol–water partition coefficient (Wildman–Crippen LogP) is 1.00. The Morgan fingerprint density at radius 1 is 1.37 bits per heavy atom. The zero-order valence-electron chi connectivity index (χ0n) is 10.7. The Kier molecular flexibility index (Phi) is 4.07. The number of carbonyl (C=O) groups excluding carboxylic acids is 1. The zero-order chi connectivity index (χ0) is 13.7. The van der Waals surface area contributed by atoms with Crippen LogP contribution in [0.3, 0.4) is 0 Å². The molecule has 1 aromatic heterocycles. The number of carbonyl (C=O) groups is 1. The van der Waals surface area contributed by atoms with E-state index < -0.39 is 0 Å². The molecule has 1 heterocycles. The van der Waals surface area contributed by atoms with E-state index in [1.54, 1.807) is 25.2 Å². The molecular formula is C12H14N4O3. The van der Waals surface area contributed by atoms with Gasteiger partial charge >= 0.3 is 0 Å². The summed E-state index contributed by atoms with van der Waals surface area (Å²) in [5.74, 6) is 1.36. The molecule has 0 bridgehead atoms. The van der Waals surface area contributed by atoms with Gasteiger partial charge in [-0.25, -0.2) is 0 Å². The zero-order valence-corrected chi connectivity index (χ0v) is 10.7. The van der Waals surface area contributed by atoms with Crippen LogP contribution in [0.4, 0.5) is 0 Å². The molecule has 19 heavy (non-hydrogen) atoms. The molecule has 0 radical (unpaired) electrons. The summed E-state index contributed by atoms with van der Waals surface area (Å²) < 4.78 is 11.0. The van der Waals surface area contributed by atoms with E-state index in [-0.39, 0.29) is 6.61 Å². The van der Waals surface area contributed by atoms with Gasteiger partial charge in [-0.05, 0) is 24.3 Å². The number of para-hydroxylation sites is 1. The first-order valence-corrected chi connectivity index (χ1v) is 5.81. The van der Waals surface area contributed by atoms with Crippen molar-refractivity contribution in [3.63, 3.8) is 0 Å². The summed E-state index contributed by atoms with van der Waals surface area (Å²) in [6, 6.07) is 5.15. The third-order valence-electron chi connectivity index (χ3n) is 2.33. The van der Waals surface area contributed by atoms with Crippen LogP contribution in [0.25, 0.3) is 0 Å². The first-order chi connectivity index (χ1) is 9.24. The van der Waals surface area contributed by atoms with E-state index in [1.807, 2.05) is 6.92 Å². The molecule has 0 atom stereocenters. The molecule has 100 valence electrons. The normalized spacial score (nSPS) is 10.2. The minimum Gasteiger partial charge on any atom is -0.490 e. The lowest BCUT2D eigenvalue weighted by Gasteiger charge is -2.12. The molecule has 7 nitrogen and oxygen atoms in total. The van der Waals surface area contributed by atoms with Crippen LogP contribution in [0.15, 0.2) is 18.2 Å². The van der Waals surface area contributed by atoms with Gasteiger partial charge in [-0.3, -0.25) is 4.79 Å². The van der Waals surface area contributed by atoms with Gasteiger partial charge in [0.15, 0.2) is 24.4 Å². The van der Waals surface area contributed by atoms with Gasteiger partial charge in [-0.1, -0.05) is 6.07 Å². The lowest BCUT2D eigenvalue weighted by Crippen LogP contribution is -2.04. The Labute approximate surface area is 110 Å². The van der Waals surface area contributed by atoms with E-state index in [2.05, 4.69) is 15.4 Å². The van der Waals surface area contributed by atoms with E-state index in [1.165, 1.54) is 4.80 Å². The second-order valence-corrected chi connectivity index (χ2v) is 3.71. The molecule has 7 heteroatoms. The minimum absolute atomic E-state index is 0.124.